The summed E-state index contributed by atoms with van der Waals surface area (Å²) in [7, 11) is 1.47. The quantitative estimate of drug-likeness (QED) is 0.726. The fraction of sp³-hybridized carbons (Fsp3) is 0.286. The van der Waals surface area contributed by atoms with Gasteiger partial charge in [-0.1, -0.05) is 11.6 Å². The topological polar surface area (TPSA) is 84.9 Å². The molecule has 152 valence electrons. The monoisotopic (exact) mass is 416 g/mol. The lowest BCUT2D eigenvalue weighted by Gasteiger charge is -2.17. The van der Waals surface area contributed by atoms with E-state index in [4.69, 9.17) is 21.1 Å². The summed E-state index contributed by atoms with van der Waals surface area (Å²) in [6.07, 6.45) is 0.326. The van der Waals surface area contributed by atoms with E-state index in [1.807, 2.05) is 0 Å². The summed E-state index contributed by atoms with van der Waals surface area (Å²) in [4.78, 5) is 38.2. The number of nitrogens with zero attached hydrogens (tertiary/aromatic N) is 1. The minimum atomic E-state index is -1.04. The van der Waals surface area contributed by atoms with Crippen molar-refractivity contribution < 1.29 is 23.9 Å². The predicted octanol–water partition coefficient (Wildman–Crippen LogP) is 3.66. The lowest BCUT2D eigenvalue weighted by molar-refractivity contribution is -0.123. The van der Waals surface area contributed by atoms with Crippen LogP contribution < -0.4 is 15.0 Å². The van der Waals surface area contributed by atoms with Gasteiger partial charge in [0.1, 0.15) is 5.75 Å². The third-order valence-corrected chi connectivity index (χ3v) is 4.80. The predicted molar refractivity (Wildman–Crippen MR) is 110 cm³/mol. The van der Waals surface area contributed by atoms with Gasteiger partial charge in [0, 0.05) is 23.7 Å². The maximum atomic E-state index is 12.4. The van der Waals surface area contributed by atoms with Crippen LogP contribution in [0.2, 0.25) is 5.02 Å². The highest BCUT2D eigenvalue weighted by Crippen LogP contribution is 2.28. The molecule has 2 aromatic rings. The molecule has 29 heavy (non-hydrogen) atoms. The van der Waals surface area contributed by atoms with Crippen molar-refractivity contribution in [2.45, 2.75) is 25.9 Å². The molecule has 1 aliphatic heterocycles. The number of hydrogen-bond acceptors (Lipinski definition) is 5. The van der Waals surface area contributed by atoms with Gasteiger partial charge in [0.05, 0.1) is 18.4 Å². The average molecular weight is 417 g/mol. The second-order valence-corrected chi connectivity index (χ2v) is 7.01. The first-order valence-corrected chi connectivity index (χ1v) is 9.52. The SMILES string of the molecule is COc1ccc(Cl)cc1NC(=O)[C@@H](C)OC(=O)c1ccc(N2CCCC2=O)cc1. The van der Waals surface area contributed by atoms with E-state index < -0.39 is 18.0 Å². The Labute approximate surface area is 173 Å². The third kappa shape index (κ3) is 4.86. The molecule has 1 saturated heterocycles. The smallest absolute Gasteiger partial charge is 0.338 e. The van der Waals surface area contributed by atoms with Gasteiger partial charge in [0.2, 0.25) is 5.91 Å². The van der Waals surface area contributed by atoms with E-state index in [0.717, 1.165) is 12.1 Å². The van der Waals surface area contributed by atoms with Crippen molar-refractivity contribution >= 4 is 40.8 Å². The van der Waals surface area contributed by atoms with Crippen LogP contribution >= 0.6 is 11.6 Å². The highest BCUT2D eigenvalue weighted by molar-refractivity contribution is 6.31. The molecular weight excluding hydrogens is 396 g/mol. The van der Waals surface area contributed by atoms with Gasteiger partial charge in [0.25, 0.3) is 5.91 Å². The van der Waals surface area contributed by atoms with Crippen LogP contribution in [0.4, 0.5) is 11.4 Å². The molecule has 1 N–H and O–H groups in total. The maximum Gasteiger partial charge on any atom is 0.338 e. The lowest BCUT2D eigenvalue weighted by atomic mass is 10.2. The summed E-state index contributed by atoms with van der Waals surface area (Å²) in [5, 5.41) is 3.07. The van der Waals surface area contributed by atoms with Gasteiger partial charge in [0.15, 0.2) is 6.10 Å². The van der Waals surface area contributed by atoms with Crippen LogP contribution in [-0.4, -0.2) is 37.5 Å². The molecule has 0 aliphatic carbocycles. The highest BCUT2D eigenvalue weighted by Gasteiger charge is 2.23. The Hall–Kier alpha value is -3.06. The zero-order chi connectivity index (χ0) is 21.0. The molecular formula is C21H21ClN2O5. The van der Waals surface area contributed by atoms with Crippen LogP contribution in [0.3, 0.4) is 0 Å². The Morgan fingerprint density at radius 2 is 1.90 bits per heavy atom. The number of anilines is 2. The van der Waals surface area contributed by atoms with Gasteiger partial charge in [-0.25, -0.2) is 4.79 Å². The zero-order valence-electron chi connectivity index (χ0n) is 16.1. The first-order valence-electron chi connectivity index (χ1n) is 9.15. The number of esters is 1. The van der Waals surface area contributed by atoms with Crippen LogP contribution in [0.15, 0.2) is 42.5 Å². The summed E-state index contributed by atoms with van der Waals surface area (Å²) in [6, 6.07) is 11.4. The van der Waals surface area contributed by atoms with Crippen molar-refractivity contribution in [3.8, 4) is 5.75 Å². The zero-order valence-corrected chi connectivity index (χ0v) is 16.9. The van der Waals surface area contributed by atoms with Crippen molar-refractivity contribution in [1.29, 1.82) is 0 Å². The van der Waals surface area contributed by atoms with Gasteiger partial charge in [-0.3, -0.25) is 9.59 Å². The molecule has 2 amide bonds. The molecule has 0 saturated carbocycles. The maximum absolute atomic E-state index is 12.4. The van der Waals surface area contributed by atoms with Crippen molar-refractivity contribution in [2.75, 3.05) is 23.9 Å². The normalized spacial score (nSPS) is 14.4. The Morgan fingerprint density at radius 1 is 1.17 bits per heavy atom. The molecule has 2 aromatic carbocycles. The minimum Gasteiger partial charge on any atom is -0.495 e. The number of methoxy groups -OCH3 is 1. The number of ether oxygens (including phenoxy) is 2. The molecule has 3 rings (SSSR count). The molecule has 0 spiro atoms. The van der Waals surface area contributed by atoms with Gasteiger partial charge < -0.3 is 19.7 Å². The molecule has 8 heteroatoms. The fourth-order valence-corrected chi connectivity index (χ4v) is 3.17. The van der Waals surface area contributed by atoms with E-state index >= 15 is 0 Å². The highest BCUT2D eigenvalue weighted by atomic mass is 35.5. The van der Waals surface area contributed by atoms with Gasteiger partial charge in [-0.2, -0.15) is 0 Å². The summed E-state index contributed by atoms with van der Waals surface area (Å²) in [6.45, 7) is 2.15. The molecule has 1 aliphatic rings. The number of carbonyl (C=O) groups excluding carboxylic acids is 3. The number of benzene rings is 2. The molecule has 0 unspecified atom stereocenters. The van der Waals surface area contributed by atoms with Crippen molar-refractivity contribution in [3.63, 3.8) is 0 Å². The standard InChI is InChI=1S/C21H21ClN2O5/c1-13(20(26)23-17-12-15(22)7-10-18(17)28-2)29-21(27)14-5-8-16(9-6-14)24-11-3-4-19(24)25/h5-10,12-13H,3-4,11H2,1-2H3,(H,23,26)/t13-/m1/s1. The van der Waals surface area contributed by atoms with Gasteiger partial charge >= 0.3 is 5.97 Å². The fourth-order valence-electron chi connectivity index (χ4n) is 2.99. The van der Waals surface area contributed by atoms with Crippen LogP contribution in [0, 0.1) is 0 Å². The summed E-state index contributed by atoms with van der Waals surface area (Å²) in [5.41, 5.74) is 1.41. The Morgan fingerprint density at radius 3 is 2.52 bits per heavy atom. The molecule has 1 fully saturated rings. The second kappa shape index (κ2) is 8.96. The molecule has 0 aromatic heterocycles. The van der Waals surface area contributed by atoms with E-state index in [9.17, 15) is 14.4 Å². The van der Waals surface area contributed by atoms with E-state index in [1.54, 1.807) is 47.4 Å². The van der Waals surface area contributed by atoms with Crippen LogP contribution in [0.25, 0.3) is 0 Å². The molecule has 7 nitrogen and oxygen atoms in total. The summed E-state index contributed by atoms with van der Waals surface area (Å²) in [5.74, 6) is -0.640. The number of amides is 2. The number of halogens is 1. The Bertz CT molecular complexity index is 929. The minimum absolute atomic E-state index is 0.0714. The third-order valence-electron chi connectivity index (χ3n) is 4.56. The first-order chi connectivity index (χ1) is 13.9. The molecule has 1 atom stereocenters. The number of carbonyl (C=O) groups is 3. The van der Waals surface area contributed by atoms with Gasteiger partial charge in [-0.05, 0) is 55.8 Å². The van der Waals surface area contributed by atoms with E-state index in [0.29, 0.717) is 35.0 Å². The van der Waals surface area contributed by atoms with E-state index in [2.05, 4.69) is 5.32 Å². The van der Waals surface area contributed by atoms with Crippen LogP contribution in [0.1, 0.15) is 30.1 Å². The van der Waals surface area contributed by atoms with Crippen molar-refractivity contribution in [2.24, 2.45) is 0 Å². The van der Waals surface area contributed by atoms with Crippen LogP contribution in [0.5, 0.6) is 5.75 Å². The van der Waals surface area contributed by atoms with Gasteiger partial charge in [-0.15, -0.1) is 0 Å². The van der Waals surface area contributed by atoms with Crippen LogP contribution in [-0.2, 0) is 14.3 Å². The number of nitrogens with one attached hydrogen (secondary N) is 1. The summed E-state index contributed by atoms with van der Waals surface area (Å²) < 4.78 is 10.4. The second-order valence-electron chi connectivity index (χ2n) is 6.58. The van der Waals surface area contributed by atoms with E-state index in [1.165, 1.54) is 14.0 Å². The largest absolute Gasteiger partial charge is 0.495 e. The van der Waals surface area contributed by atoms with Crippen molar-refractivity contribution in [1.82, 2.24) is 0 Å². The Kier molecular flexibility index (Phi) is 6.39. The first kappa shape index (κ1) is 20.7. The number of hydrogen-bond donors (Lipinski definition) is 1. The Balaban J connectivity index is 1.62. The number of rotatable bonds is 6. The average Bonchev–Trinajstić information content (AvgIpc) is 3.14. The molecule has 0 radical (unpaired) electrons. The summed E-state index contributed by atoms with van der Waals surface area (Å²) >= 11 is 5.95. The molecule has 0 bridgehead atoms. The lowest BCUT2D eigenvalue weighted by Crippen LogP contribution is -2.30. The molecule has 1 heterocycles. The van der Waals surface area contributed by atoms with Crippen molar-refractivity contribution in [3.05, 3.63) is 53.1 Å². The van der Waals surface area contributed by atoms with E-state index in [-0.39, 0.29) is 5.91 Å².